The van der Waals surface area contributed by atoms with Crippen LogP contribution in [0, 0.1) is 0 Å². The average molecular weight is 265 g/mol. The largest absolute Gasteiger partial charge is 0.493 e. The Morgan fingerprint density at radius 3 is 2.84 bits per heavy atom. The number of aliphatic hydroxyl groups excluding tert-OH is 1. The lowest BCUT2D eigenvalue weighted by Crippen LogP contribution is -2.45. The second-order valence-electron chi connectivity index (χ2n) is 4.16. The maximum absolute atomic E-state index is 12.0. The van der Waals surface area contributed by atoms with Crippen LogP contribution < -0.4 is 14.4 Å². The maximum Gasteiger partial charge on any atom is 0.267 e. The Bertz CT molecular complexity index is 514. The van der Waals surface area contributed by atoms with E-state index in [0.717, 1.165) is 0 Å². The number of aliphatic hydroxyl groups is 1. The Balaban J connectivity index is 2.59. The maximum atomic E-state index is 12.0. The second-order valence-corrected chi connectivity index (χ2v) is 4.16. The molecule has 1 heterocycles. The summed E-state index contributed by atoms with van der Waals surface area (Å²) >= 11 is 0. The third kappa shape index (κ3) is 2.26. The van der Waals surface area contributed by atoms with Crippen LogP contribution >= 0.6 is 0 Å². The first kappa shape index (κ1) is 13.4. The molecule has 0 saturated heterocycles. The number of nitrogens with zero attached hydrogens (tertiary/aromatic N) is 1. The molecule has 0 spiro atoms. The molecule has 1 amide bonds. The number of carbonyl (C=O) groups is 2. The molecule has 0 aromatic heterocycles. The molecule has 6 heteroatoms. The monoisotopic (exact) mass is 265 g/mol. The number of rotatable bonds is 4. The van der Waals surface area contributed by atoms with E-state index >= 15 is 0 Å². The molecule has 0 bridgehead atoms. The van der Waals surface area contributed by atoms with E-state index in [0.29, 0.717) is 29.0 Å². The lowest BCUT2D eigenvalue weighted by molar-refractivity contribution is -0.125. The van der Waals surface area contributed by atoms with Crippen molar-refractivity contribution in [3.8, 4) is 11.5 Å². The molecule has 0 saturated carbocycles. The van der Waals surface area contributed by atoms with Crippen molar-refractivity contribution in [3.63, 3.8) is 0 Å². The molecule has 1 unspecified atom stereocenters. The van der Waals surface area contributed by atoms with Crippen LogP contribution in [-0.2, 0) is 4.79 Å². The van der Waals surface area contributed by atoms with Gasteiger partial charge in [0.15, 0.2) is 17.6 Å². The summed E-state index contributed by atoms with van der Waals surface area (Å²) in [6.07, 6.45) is 0.0117. The molecule has 0 fully saturated rings. The summed E-state index contributed by atoms with van der Waals surface area (Å²) in [7, 11) is 1.46. The number of methoxy groups -OCH3 is 1. The highest BCUT2D eigenvalue weighted by Crippen LogP contribution is 2.42. The number of β-amino-alcohol motifs (C(OH)–C–C–N with tert-alkyl or cyclic N) is 1. The van der Waals surface area contributed by atoms with E-state index in [1.807, 2.05) is 0 Å². The molecule has 1 aliphatic rings. The number of fused-ring (bicyclic) bond motifs is 1. The molecule has 1 N–H and O–H groups in total. The van der Waals surface area contributed by atoms with Crippen molar-refractivity contribution in [1.82, 2.24) is 0 Å². The zero-order chi connectivity index (χ0) is 14.0. The predicted octanol–water partition coefficient (Wildman–Crippen LogP) is 0.614. The summed E-state index contributed by atoms with van der Waals surface area (Å²) in [5.41, 5.74) is 0.822. The van der Waals surface area contributed by atoms with Gasteiger partial charge in [0, 0.05) is 12.1 Å². The number of hydrogen-bond acceptors (Lipinski definition) is 5. The van der Waals surface area contributed by atoms with Crippen LogP contribution in [0.4, 0.5) is 5.69 Å². The third-order valence-electron chi connectivity index (χ3n) is 2.94. The van der Waals surface area contributed by atoms with Crippen LogP contribution in [0.25, 0.3) is 0 Å². The third-order valence-corrected chi connectivity index (χ3v) is 2.94. The Labute approximate surface area is 110 Å². The van der Waals surface area contributed by atoms with Crippen LogP contribution in [0.2, 0.25) is 0 Å². The van der Waals surface area contributed by atoms with Gasteiger partial charge >= 0.3 is 0 Å². The van der Waals surface area contributed by atoms with Crippen LogP contribution in [-0.4, -0.2) is 43.7 Å². The van der Waals surface area contributed by atoms with Crippen molar-refractivity contribution in [2.75, 3.05) is 25.2 Å². The van der Waals surface area contributed by atoms with Crippen molar-refractivity contribution >= 4 is 17.9 Å². The Morgan fingerprint density at radius 1 is 1.53 bits per heavy atom. The summed E-state index contributed by atoms with van der Waals surface area (Å²) in [5.74, 6) is 0.544. The van der Waals surface area contributed by atoms with Crippen molar-refractivity contribution in [3.05, 3.63) is 17.7 Å². The van der Waals surface area contributed by atoms with Crippen LogP contribution in [0.1, 0.15) is 17.3 Å². The first-order valence-corrected chi connectivity index (χ1v) is 5.88. The quantitative estimate of drug-likeness (QED) is 0.807. The molecule has 19 heavy (non-hydrogen) atoms. The molecule has 1 aliphatic heterocycles. The molecule has 102 valence electrons. The average Bonchev–Trinajstić information content (AvgIpc) is 2.43. The molecule has 2 rings (SSSR count). The molecule has 1 aromatic carbocycles. The minimum Gasteiger partial charge on any atom is -0.493 e. The topological polar surface area (TPSA) is 76.1 Å². The van der Waals surface area contributed by atoms with E-state index in [1.54, 1.807) is 19.1 Å². The van der Waals surface area contributed by atoms with Crippen molar-refractivity contribution < 1.29 is 24.2 Å². The van der Waals surface area contributed by atoms with Crippen LogP contribution in [0.5, 0.6) is 11.5 Å². The summed E-state index contributed by atoms with van der Waals surface area (Å²) < 4.78 is 10.7. The predicted molar refractivity (Wildman–Crippen MR) is 67.9 cm³/mol. The van der Waals surface area contributed by atoms with Gasteiger partial charge in [-0.1, -0.05) is 0 Å². The Hall–Kier alpha value is -2.08. The van der Waals surface area contributed by atoms with Crippen molar-refractivity contribution in [1.29, 1.82) is 0 Å². The Morgan fingerprint density at radius 2 is 2.26 bits per heavy atom. The van der Waals surface area contributed by atoms with Gasteiger partial charge in [-0.25, -0.2) is 0 Å². The minimum atomic E-state index is -0.657. The van der Waals surface area contributed by atoms with E-state index in [-0.39, 0.29) is 19.1 Å². The number of amides is 1. The van der Waals surface area contributed by atoms with E-state index in [1.165, 1.54) is 12.0 Å². The lowest BCUT2D eigenvalue weighted by Gasteiger charge is -2.33. The van der Waals surface area contributed by atoms with Gasteiger partial charge in [-0.05, 0) is 19.1 Å². The van der Waals surface area contributed by atoms with E-state index in [9.17, 15) is 9.59 Å². The Kier molecular flexibility index (Phi) is 3.71. The van der Waals surface area contributed by atoms with Crippen LogP contribution in [0.3, 0.4) is 0 Å². The van der Waals surface area contributed by atoms with Gasteiger partial charge in [0.2, 0.25) is 0 Å². The SMILES string of the molecule is COc1cc(C=O)cc2c1OC(C)C(=O)N2CCO. The first-order valence-electron chi connectivity index (χ1n) is 5.88. The summed E-state index contributed by atoms with van der Waals surface area (Å²) in [6.45, 7) is 1.60. The van der Waals surface area contributed by atoms with Crippen LogP contribution in [0.15, 0.2) is 12.1 Å². The van der Waals surface area contributed by atoms with Crippen molar-refractivity contribution in [2.24, 2.45) is 0 Å². The molecular weight excluding hydrogens is 250 g/mol. The fourth-order valence-electron chi connectivity index (χ4n) is 2.04. The number of anilines is 1. The van der Waals surface area contributed by atoms with E-state index < -0.39 is 6.10 Å². The fraction of sp³-hybridized carbons (Fsp3) is 0.385. The molecule has 1 atom stereocenters. The highest BCUT2D eigenvalue weighted by molar-refractivity contribution is 6.01. The molecule has 0 aliphatic carbocycles. The zero-order valence-electron chi connectivity index (χ0n) is 10.8. The van der Waals surface area contributed by atoms with Gasteiger partial charge in [0.25, 0.3) is 5.91 Å². The molecule has 6 nitrogen and oxygen atoms in total. The number of carbonyl (C=O) groups excluding carboxylic acids is 2. The number of aldehydes is 1. The highest BCUT2D eigenvalue weighted by Gasteiger charge is 2.33. The lowest BCUT2D eigenvalue weighted by atomic mass is 10.1. The smallest absolute Gasteiger partial charge is 0.267 e. The summed E-state index contributed by atoms with van der Waals surface area (Å²) in [6, 6.07) is 3.09. The normalized spacial score (nSPS) is 17.7. The molecule has 1 aromatic rings. The van der Waals surface area contributed by atoms with E-state index in [2.05, 4.69) is 0 Å². The summed E-state index contributed by atoms with van der Waals surface area (Å²) in [4.78, 5) is 24.4. The van der Waals surface area contributed by atoms with Gasteiger partial charge in [-0.2, -0.15) is 0 Å². The second kappa shape index (κ2) is 5.27. The molecular formula is C13H15NO5. The highest BCUT2D eigenvalue weighted by atomic mass is 16.5. The van der Waals surface area contributed by atoms with Crippen molar-refractivity contribution in [2.45, 2.75) is 13.0 Å². The summed E-state index contributed by atoms with van der Waals surface area (Å²) in [5, 5.41) is 9.07. The van der Waals surface area contributed by atoms with E-state index in [4.69, 9.17) is 14.6 Å². The number of benzene rings is 1. The minimum absolute atomic E-state index is 0.144. The zero-order valence-corrected chi connectivity index (χ0v) is 10.8. The number of ether oxygens (including phenoxy) is 2. The van der Waals surface area contributed by atoms with Gasteiger partial charge in [0.05, 0.1) is 19.4 Å². The standard InChI is InChI=1S/C13H15NO5/c1-8-13(17)14(3-4-15)10-5-9(7-16)6-11(18-2)12(10)19-8/h5-8,15H,3-4H2,1-2H3. The van der Waals surface area contributed by atoms with Gasteiger partial charge in [0.1, 0.15) is 6.29 Å². The first-order chi connectivity index (χ1) is 9.12. The van der Waals surface area contributed by atoms with Gasteiger partial charge in [-0.3, -0.25) is 9.59 Å². The molecule has 0 radical (unpaired) electrons. The van der Waals surface area contributed by atoms with Gasteiger partial charge < -0.3 is 19.5 Å². The number of hydrogen-bond donors (Lipinski definition) is 1. The fourth-order valence-corrected chi connectivity index (χ4v) is 2.04. The van der Waals surface area contributed by atoms with Gasteiger partial charge in [-0.15, -0.1) is 0 Å².